The molecule has 0 aromatic carbocycles. The lowest BCUT2D eigenvalue weighted by Crippen LogP contribution is -2.51. The van der Waals surface area contributed by atoms with Crippen molar-refractivity contribution in [2.24, 2.45) is 16.7 Å². The van der Waals surface area contributed by atoms with E-state index in [0.29, 0.717) is 11.8 Å². The molecular weight excluding hydrogens is 236 g/mol. The van der Waals surface area contributed by atoms with Crippen molar-refractivity contribution in [2.75, 3.05) is 33.2 Å². The van der Waals surface area contributed by atoms with Crippen molar-refractivity contribution in [3.63, 3.8) is 0 Å². The van der Waals surface area contributed by atoms with Crippen LogP contribution < -0.4 is 0 Å². The summed E-state index contributed by atoms with van der Waals surface area (Å²) in [5, 5.41) is 0. The Morgan fingerprint density at radius 3 is 1.95 bits per heavy atom. The Morgan fingerprint density at radius 1 is 1.05 bits per heavy atom. The van der Waals surface area contributed by atoms with Crippen molar-refractivity contribution >= 4 is 5.91 Å². The first-order valence-electron chi connectivity index (χ1n) is 7.54. The van der Waals surface area contributed by atoms with Crippen LogP contribution in [0.2, 0.25) is 0 Å². The third-order valence-electron chi connectivity index (χ3n) is 4.83. The fourth-order valence-electron chi connectivity index (χ4n) is 2.86. The molecule has 0 N–H and O–H groups in total. The predicted octanol–water partition coefficient (Wildman–Crippen LogP) is 2.86. The minimum absolute atomic E-state index is 0.200. The number of hydrogen-bond acceptors (Lipinski definition) is 2. The average molecular weight is 268 g/mol. The third kappa shape index (κ3) is 4.20. The van der Waals surface area contributed by atoms with Gasteiger partial charge < -0.3 is 9.80 Å². The smallest absolute Gasteiger partial charge is 0.228 e. The number of amides is 1. The van der Waals surface area contributed by atoms with Gasteiger partial charge in [-0.25, -0.2) is 0 Å². The highest BCUT2D eigenvalue weighted by Gasteiger charge is 2.38. The van der Waals surface area contributed by atoms with Gasteiger partial charge in [0.15, 0.2) is 0 Å². The fourth-order valence-corrected chi connectivity index (χ4v) is 2.86. The molecule has 112 valence electrons. The molecule has 1 aliphatic rings. The Labute approximate surface area is 119 Å². The molecule has 3 heteroatoms. The van der Waals surface area contributed by atoms with Gasteiger partial charge in [-0.05, 0) is 24.8 Å². The van der Waals surface area contributed by atoms with Crippen molar-refractivity contribution in [3.8, 4) is 0 Å². The first kappa shape index (κ1) is 16.5. The van der Waals surface area contributed by atoms with Gasteiger partial charge in [0.25, 0.3) is 0 Å². The molecule has 0 aromatic rings. The van der Waals surface area contributed by atoms with E-state index in [4.69, 9.17) is 0 Å². The molecule has 0 aliphatic carbocycles. The van der Waals surface area contributed by atoms with Crippen LogP contribution in [0.4, 0.5) is 0 Å². The number of nitrogens with zero attached hydrogens (tertiary/aromatic N) is 2. The van der Waals surface area contributed by atoms with E-state index in [-0.39, 0.29) is 10.8 Å². The number of carbonyl (C=O) groups excluding carboxylic acids is 1. The molecule has 1 saturated heterocycles. The van der Waals surface area contributed by atoms with Crippen LogP contribution in [0.1, 0.15) is 48.0 Å². The van der Waals surface area contributed by atoms with Gasteiger partial charge in [0.2, 0.25) is 5.91 Å². The summed E-state index contributed by atoms with van der Waals surface area (Å²) in [4.78, 5) is 17.1. The van der Waals surface area contributed by atoms with Gasteiger partial charge in [-0.3, -0.25) is 4.79 Å². The second-order valence-electron chi connectivity index (χ2n) is 7.80. The summed E-state index contributed by atoms with van der Waals surface area (Å²) in [7, 11) is 2.12. The normalized spacial score (nSPS) is 19.1. The maximum atomic E-state index is 12.7. The monoisotopic (exact) mass is 268 g/mol. The van der Waals surface area contributed by atoms with E-state index in [1.165, 1.54) is 0 Å². The molecule has 0 radical (unpaired) electrons. The van der Waals surface area contributed by atoms with Crippen molar-refractivity contribution in [1.29, 1.82) is 0 Å². The van der Waals surface area contributed by atoms with Crippen molar-refractivity contribution in [3.05, 3.63) is 0 Å². The SMILES string of the molecule is CC(C)C(C)(C)CC(C)(C)C(=O)N1CCN(C)CC1. The highest BCUT2D eigenvalue weighted by molar-refractivity contribution is 5.82. The Bertz CT molecular complexity index is 313. The van der Waals surface area contributed by atoms with E-state index in [0.717, 1.165) is 32.6 Å². The highest BCUT2D eigenvalue weighted by Crippen LogP contribution is 2.40. The molecule has 0 atom stereocenters. The molecule has 0 bridgehead atoms. The first-order valence-corrected chi connectivity index (χ1v) is 7.54. The topological polar surface area (TPSA) is 23.6 Å². The highest BCUT2D eigenvalue weighted by atomic mass is 16.2. The number of carbonyl (C=O) groups is 1. The van der Waals surface area contributed by atoms with Crippen molar-refractivity contribution in [1.82, 2.24) is 9.80 Å². The molecule has 0 spiro atoms. The number of likely N-dealkylation sites (N-methyl/N-ethyl adjacent to an activating group) is 1. The Kier molecular flexibility index (Phi) is 5.05. The summed E-state index contributed by atoms with van der Waals surface area (Å²) >= 11 is 0. The van der Waals surface area contributed by atoms with Crippen LogP contribution in [-0.2, 0) is 4.79 Å². The second kappa shape index (κ2) is 5.82. The van der Waals surface area contributed by atoms with Crippen LogP contribution >= 0.6 is 0 Å². The molecule has 1 aliphatic heterocycles. The molecule has 1 heterocycles. The van der Waals surface area contributed by atoms with Crippen molar-refractivity contribution in [2.45, 2.75) is 48.0 Å². The lowest BCUT2D eigenvalue weighted by atomic mass is 9.69. The molecule has 1 rings (SSSR count). The molecule has 1 amide bonds. The van der Waals surface area contributed by atoms with E-state index < -0.39 is 0 Å². The van der Waals surface area contributed by atoms with Gasteiger partial charge in [0.1, 0.15) is 0 Å². The first-order chi connectivity index (χ1) is 8.56. The lowest BCUT2D eigenvalue weighted by molar-refractivity contribution is -0.144. The summed E-state index contributed by atoms with van der Waals surface area (Å²) in [5.74, 6) is 0.918. The van der Waals surface area contributed by atoms with Crippen LogP contribution in [0.5, 0.6) is 0 Å². The maximum absolute atomic E-state index is 12.7. The van der Waals surface area contributed by atoms with E-state index in [1.54, 1.807) is 0 Å². The molecule has 19 heavy (non-hydrogen) atoms. The summed E-state index contributed by atoms with van der Waals surface area (Å²) in [5.41, 5.74) is -0.0601. The zero-order valence-corrected chi connectivity index (χ0v) is 13.9. The van der Waals surface area contributed by atoms with Crippen LogP contribution in [0.15, 0.2) is 0 Å². The lowest BCUT2D eigenvalue weighted by Gasteiger charge is -2.41. The van der Waals surface area contributed by atoms with E-state index >= 15 is 0 Å². The van der Waals surface area contributed by atoms with E-state index in [1.807, 2.05) is 0 Å². The number of piperazine rings is 1. The van der Waals surface area contributed by atoms with Crippen LogP contribution in [0.25, 0.3) is 0 Å². The van der Waals surface area contributed by atoms with E-state index in [2.05, 4.69) is 58.4 Å². The van der Waals surface area contributed by atoms with Crippen LogP contribution in [0.3, 0.4) is 0 Å². The predicted molar refractivity (Wildman–Crippen MR) is 81.1 cm³/mol. The summed E-state index contributed by atoms with van der Waals surface area (Å²) in [6.45, 7) is 17.0. The minimum Gasteiger partial charge on any atom is -0.340 e. The largest absolute Gasteiger partial charge is 0.340 e. The molecular formula is C16H32N2O. The molecule has 0 unspecified atom stereocenters. The van der Waals surface area contributed by atoms with Gasteiger partial charge in [-0.1, -0.05) is 41.5 Å². The Balaban J connectivity index is 2.69. The van der Waals surface area contributed by atoms with Gasteiger partial charge >= 0.3 is 0 Å². The summed E-state index contributed by atoms with van der Waals surface area (Å²) < 4.78 is 0. The standard InChI is InChI=1S/C16H32N2O/c1-13(2)15(3,4)12-16(5,6)14(19)18-10-8-17(7)9-11-18/h13H,8-12H2,1-7H3. The number of rotatable bonds is 4. The molecule has 1 fully saturated rings. The quantitative estimate of drug-likeness (QED) is 0.783. The van der Waals surface area contributed by atoms with Gasteiger partial charge in [0.05, 0.1) is 0 Å². The third-order valence-corrected chi connectivity index (χ3v) is 4.83. The van der Waals surface area contributed by atoms with Crippen LogP contribution in [0, 0.1) is 16.7 Å². The zero-order chi connectivity index (χ0) is 14.8. The van der Waals surface area contributed by atoms with Gasteiger partial charge in [-0.2, -0.15) is 0 Å². The minimum atomic E-state index is -0.260. The molecule has 0 aromatic heterocycles. The summed E-state index contributed by atoms with van der Waals surface area (Å²) in [6.07, 6.45) is 0.947. The number of hydrogen-bond donors (Lipinski definition) is 0. The van der Waals surface area contributed by atoms with Gasteiger partial charge in [0, 0.05) is 31.6 Å². The zero-order valence-electron chi connectivity index (χ0n) is 13.9. The van der Waals surface area contributed by atoms with Gasteiger partial charge in [-0.15, -0.1) is 0 Å². The Hall–Kier alpha value is -0.570. The van der Waals surface area contributed by atoms with Crippen molar-refractivity contribution < 1.29 is 4.79 Å². The van der Waals surface area contributed by atoms with Crippen LogP contribution in [-0.4, -0.2) is 48.9 Å². The fraction of sp³-hybridized carbons (Fsp3) is 0.938. The Morgan fingerprint density at radius 2 is 1.53 bits per heavy atom. The van der Waals surface area contributed by atoms with E-state index in [9.17, 15) is 4.79 Å². The molecule has 3 nitrogen and oxygen atoms in total. The summed E-state index contributed by atoms with van der Waals surface area (Å²) in [6, 6.07) is 0. The molecule has 0 saturated carbocycles. The average Bonchev–Trinajstić information content (AvgIpc) is 2.27. The maximum Gasteiger partial charge on any atom is 0.228 e. The second-order valence-corrected chi connectivity index (χ2v) is 7.80.